The van der Waals surface area contributed by atoms with Gasteiger partial charge in [0, 0.05) is 13.1 Å². The van der Waals surface area contributed by atoms with Crippen LogP contribution in [-0.2, 0) is 4.79 Å². The van der Waals surface area contributed by atoms with Gasteiger partial charge >= 0.3 is 0 Å². The smallest absolute Gasteiger partial charge is 0.224 e. The second-order valence-corrected chi connectivity index (χ2v) is 5.58. The molecule has 1 fully saturated rings. The molecule has 0 aromatic carbocycles. The molecule has 4 heteroatoms. The van der Waals surface area contributed by atoms with Crippen molar-refractivity contribution in [1.82, 2.24) is 5.32 Å². The Kier molecular flexibility index (Phi) is 6.65. The van der Waals surface area contributed by atoms with Gasteiger partial charge < -0.3 is 16.2 Å². The summed E-state index contributed by atoms with van der Waals surface area (Å²) in [6.45, 7) is 2.82. The van der Waals surface area contributed by atoms with Gasteiger partial charge in [0.2, 0.25) is 5.91 Å². The minimum atomic E-state index is -0.697. The summed E-state index contributed by atoms with van der Waals surface area (Å²) in [5, 5.41) is 13.3. The average molecular weight is 256 g/mol. The molecule has 4 N–H and O–H groups in total. The molecule has 1 saturated carbocycles. The van der Waals surface area contributed by atoms with E-state index in [1.54, 1.807) is 0 Å². The molecule has 1 rings (SSSR count). The number of carbonyl (C=O) groups excluding carboxylic acids is 1. The topological polar surface area (TPSA) is 75.4 Å². The van der Waals surface area contributed by atoms with E-state index in [4.69, 9.17) is 5.73 Å². The van der Waals surface area contributed by atoms with Crippen molar-refractivity contribution in [2.24, 2.45) is 11.7 Å². The normalized spacial score (nSPS) is 21.1. The maximum atomic E-state index is 11.9. The van der Waals surface area contributed by atoms with Crippen LogP contribution in [0.3, 0.4) is 0 Å². The van der Waals surface area contributed by atoms with Crippen LogP contribution in [0.1, 0.15) is 58.3 Å². The fourth-order valence-electron chi connectivity index (χ4n) is 2.66. The first kappa shape index (κ1) is 15.4. The van der Waals surface area contributed by atoms with Gasteiger partial charge in [-0.3, -0.25) is 4.79 Å². The van der Waals surface area contributed by atoms with Crippen LogP contribution in [0.15, 0.2) is 0 Å². The number of aliphatic hydroxyl groups is 1. The third kappa shape index (κ3) is 4.94. The maximum absolute atomic E-state index is 11.9. The van der Waals surface area contributed by atoms with Crippen molar-refractivity contribution in [2.45, 2.75) is 63.9 Å². The van der Waals surface area contributed by atoms with Crippen LogP contribution in [0.4, 0.5) is 0 Å². The number of hydrogen-bond donors (Lipinski definition) is 3. The Hall–Kier alpha value is -0.610. The van der Waals surface area contributed by atoms with Gasteiger partial charge in [-0.1, -0.05) is 39.0 Å². The zero-order chi connectivity index (χ0) is 13.4. The molecule has 0 bridgehead atoms. The van der Waals surface area contributed by atoms with Gasteiger partial charge in [0.15, 0.2) is 0 Å². The molecule has 0 spiro atoms. The predicted molar refractivity (Wildman–Crippen MR) is 73.1 cm³/mol. The quantitative estimate of drug-likeness (QED) is 0.631. The van der Waals surface area contributed by atoms with E-state index in [0.29, 0.717) is 13.1 Å². The largest absolute Gasteiger partial charge is 0.388 e. The zero-order valence-corrected chi connectivity index (χ0v) is 11.6. The lowest BCUT2D eigenvalue weighted by Gasteiger charge is -2.27. The highest BCUT2D eigenvalue weighted by molar-refractivity contribution is 5.78. The van der Waals surface area contributed by atoms with Crippen molar-refractivity contribution in [3.8, 4) is 0 Å². The molecule has 4 nitrogen and oxygen atoms in total. The third-order valence-electron chi connectivity index (χ3n) is 3.92. The third-order valence-corrected chi connectivity index (χ3v) is 3.92. The maximum Gasteiger partial charge on any atom is 0.224 e. The molecule has 0 saturated heterocycles. The second kappa shape index (κ2) is 7.74. The summed E-state index contributed by atoms with van der Waals surface area (Å²) in [4.78, 5) is 11.9. The Bertz CT molecular complexity index is 248. The van der Waals surface area contributed by atoms with Crippen LogP contribution >= 0.6 is 0 Å². The Balaban J connectivity index is 2.39. The van der Waals surface area contributed by atoms with Gasteiger partial charge in [-0.2, -0.15) is 0 Å². The van der Waals surface area contributed by atoms with E-state index >= 15 is 0 Å². The van der Waals surface area contributed by atoms with E-state index in [9.17, 15) is 9.90 Å². The number of amides is 1. The molecular formula is C14H28N2O2. The van der Waals surface area contributed by atoms with E-state index in [1.807, 2.05) is 0 Å². The lowest BCUT2D eigenvalue weighted by atomic mass is 9.94. The number of carbonyl (C=O) groups is 1. The molecule has 106 valence electrons. The van der Waals surface area contributed by atoms with E-state index in [-0.39, 0.29) is 11.8 Å². The Morgan fingerprint density at radius 3 is 2.44 bits per heavy atom. The van der Waals surface area contributed by atoms with Crippen LogP contribution in [0.5, 0.6) is 0 Å². The molecule has 1 atom stereocenters. The summed E-state index contributed by atoms with van der Waals surface area (Å²) < 4.78 is 0. The van der Waals surface area contributed by atoms with Crippen LogP contribution in [0, 0.1) is 5.92 Å². The van der Waals surface area contributed by atoms with Crippen molar-refractivity contribution in [1.29, 1.82) is 0 Å². The lowest BCUT2D eigenvalue weighted by Crippen LogP contribution is -2.45. The SMILES string of the molecule is CCCC(CN)C(=O)NCC1(O)CCCCCC1. The van der Waals surface area contributed by atoms with Gasteiger partial charge in [-0.25, -0.2) is 0 Å². The van der Waals surface area contributed by atoms with Crippen LogP contribution in [-0.4, -0.2) is 29.7 Å². The highest BCUT2D eigenvalue weighted by Crippen LogP contribution is 2.26. The fourth-order valence-corrected chi connectivity index (χ4v) is 2.66. The zero-order valence-electron chi connectivity index (χ0n) is 11.6. The van der Waals surface area contributed by atoms with E-state index in [1.165, 1.54) is 12.8 Å². The molecule has 1 aliphatic rings. The van der Waals surface area contributed by atoms with Crippen molar-refractivity contribution in [3.05, 3.63) is 0 Å². The van der Waals surface area contributed by atoms with Gasteiger partial charge in [0.05, 0.1) is 11.5 Å². The van der Waals surface area contributed by atoms with Gasteiger partial charge in [0.1, 0.15) is 0 Å². The number of hydrogen-bond acceptors (Lipinski definition) is 3. The Morgan fingerprint density at radius 2 is 1.94 bits per heavy atom. The Morgan fingerprint density at radius 1 is 1.33 bits per heavy atom. The number of rotatable bonds is 6. The summed E-state index contributed by atoms with van der Waals surface area (Å²) in [5.41, 5.74) is 4.91. The monoisotopic (exact) mass is 256 g/mol. The van der Waals surface area contributed by atoms with Crippen molar-refractivity contribution >= 4 is 5.91 Å². The van der Waals surface area contributed by atoms with E-state index in [0.717, 1.165) is 38.5 Å². The van der Waals surface area contributed by atoms with Crippen LogP contribution in [0.25, 0.3) is 0 Å². The molecule has 0 aromatic rings. The van der Waals surface area contributed by atoms with E-state index < -0.39 is 5.60 Å². The summed E-state index contributed by atoms with van der Waals surface area (Å²) in [7, 11) is 0. The minimum absolute atomic E-state index is 0.00276. The number of nitrogens with two attached hydrogens (primary N) is 1. The molecular weight excluding hydrogens is 228 g/mol. The van der Waals surface area contributed by atoms with Crippen molar-refractivity contribution in [3.63, 3.8) is 0 Å². The average Bonchev–Trinajstić information content (AvgIpc) is 2.58. The molecule has 1 amide bonds. The van der Waals surface area contributed by atoms with Crippen molar-refractivity contribution < 1.29 is 9.90 Å². The second-order valence-electron chi connectivity index (χ2n) is 5.58. The molecule has 1 unspecified atom stereocenters. The summed E-state index contributed by atoms with van der Waals surface area (Å²) >= 11 is 0. The number of nitrogens with one attached hydrogen (secondary N) is 1. The fraction of sp³-hybridized carbons (Fsp3) is 0.929. The molecule has 0 aliphatic heterocycles. The Labute approximate surface area is 110 Å². The highest BCUT2D eigenvalue weighted by atomic mass is 16.3. The standard InChI is InChI=1S/C14H28N2O2/c1-2-7-12(10-15)13(17)16-11-14(18)8-5-3-4-6-9-14/h12,18H,2-11,15H2,1H3,(H,16,17). The van der Waals surface area contributed by atoms with Crippen LogP contribution < -0.4 is 11.1 Å². The first-order valence-electron chi connectivity index (χ1n) is 7.31. The highest BCUT2D eigenvalue weighted by Gasteiger charge is 2.29. The van der Waals surface area contributed by atoms with Crippen molar-refractivity contribution in [2.75, 3.05) is 13.1 Å². The molecule has 1 aliphatic carbocycles. The molecule has 18 heavy (non-hydrogen) atoms. The first-order valence-corrected chi connectivity index (χ1v) is 7.31. The van der Waals surface area contributed by atoms with E-state index in [2.05, 4.69) is 12.2 Å². The van der Waals surface area contributed by atoms with Gasteiger partial charge in [-0.05, 0) is 19.3 Å². The predicted octanol–water partition coefficient (Wildman–Crippen LogP) is 1.56. The summed E-state index contributed by atoms with van der Waals surface area (Å²) in [6.07, 6.45) is 7.88. The first-order chi connectivity index (χ1) is 8.61. The molecule has 0 heterocycles. The van der Waals surface area contributed by atoms with Gasteiger partial charge in [-0.15, -0.1) is 0 Å². The molecule has 0 aromatic heterocycles. The summed E-state index contributed by atoms with van der Waals surface area (Å²) in [5.74, 6) is -0.110. The molecule has 0 radical (unpaired) electrons. The van der Waals surface area contributed by atoms with Crippen LogP contribution in [0.2, 0.25) is 0 Å². The summed E-state index contributed by atoms with van der Waals surface area (Å²) in [6, 6.07) is 0. The minimum Gasteiger partial charge on any atom is -0.388 e. The lowest BCUT2D eigenvalue weighted by molar-refractivity contribution is -0.126. The van der Waals surface area contributed by atoms with Gasteiger partial charge in [0.25, 0.3) is 0 Å².